The molecule has 2 amide bonds. The summed E-state index contributed by atoms with van der Waals surface area (Å²) in [4.78, 5) is 35.1. The van der Waals surface area contributed by atoms with Crippen molar-refractivity contribution in [3.05, 3.63) is 41.2 Å². The lowest BCUT2D eigenvalue weighted by molar-refractivity contribution is -0.120. The summed E-state index contributed by atoms with van der Waals surface area (Å²) in [5, 5.41) is 7.43. The fraction of sp³-hybridized carbons (Fsp3) is 0.250. The van der Waals surface area contributed by atoms with Gasteiger partial charge in [-0.15, -0.1) is 11.3 Å². The summed E-state index contributed by atoms with van der Waals surface area (Å²) in [6, 6.07) is 7.67. The molecule has 0 saturated heterocycles. The summed E-state index contributed by atoms with van der Waals surface area (Å²) >= 11 is 1.24. The molecule has 3 rings (SSSR count). The van der Waals surface area contributed by atoms with Gasteiger partial charge in [0.1, 0.15) is 5.82 Å². The fourth-order valence-corrected chi connectivity index (χ4v) is 2.89. The minimum atomic E-state index is -0.558. The van der Waals surface area contributed by atoms with E-state index in [1.54, 1.807) is 12.3 Å². The number of carbonyl (C=O) groups excluding carboxylic acids is 2. The third kappa shape index (κ3) is 4.54. The summed E-state index contributed by atoms with van der Waals surface area (Å²) in [6.45, 7) is 2.32. The number of ether oxygens (including phenoxy) is 1. The lowest BCUT2D eigenvalue weighted by Gasteiger charge is -2.02. The number of hydrogen-bond acceptors (Lipinski definition) is 6. The third-order valence-corrected chi connectivity index (χ3v) is 4.08. The van der Waals surface area contributed by atoms with Crippen molar-refractivity contribution in [2.45, 2.75) is 19.9 Å². The Morgan fingerprint density at radius 3 is 2.92 bits per heavy atom. The highest BCUT2D eigenvalue weighted by Gasteiger charge is 2.11. The van der Waals surface area contributed by atoms with Gasteiger partial charge in [0.15, 0.2) is 5.13 Å². The van der Waals surface area contributed by atoms with Crippen LogP contribution in [0.1, 0.15) is 18.4 Å². The normalized spacial score (nSPS) is 10.6. The molecule has 0 aliphatic carbocycles. The number of aromatic nitrogens is 3. The fourth-order valence-electron chi connectivity index (χ4n) is 2.20. The number of thiazole rings is 1. The van der Waals surface area contributed by atoms with E-state index < -0.39 is 6.09 Å². The van der Waals surface area contributed by atoms with Gasteiger partial charge >= 0.3 is 6.09 Å². The number of para-hydroxylation sites is 2. The van der Waals surface area contributed by atoms with Crippen LogP contribution in [0, 0.1) is 0 Å². The molecule has 0 radical (unpaired) electrons. The van der Waals surface area contributed by atoms with Gasteiger partial charge in [-0.05, 0) is 19.1 Å². The first kappa shape index (κ1) is 16.9. The Hall–Kier alpha value is -2.94. The number of aromatic amines is 1. The molecule has 0 aliphatic rings. The van der Waals surface area contributed by atoms with Gasteiger partial charge in [-0.25, -0.2) is 14.8 Å². The molecule has 0 unspecified atom stereocenters. The van der Waals surface area contributed by atoms with E-state index in [0.717, 1.165) is 11.0 Å². The highest BCUT2D eigenvalue weighted by Crippen LogP contribution is 2.16. The molecule has 0 saturated carbocycles. The topological polar surface area (TPSA) is 109 Å². The van der Waals surface area contributed by atoms with Gasteiger partial charge in [0, 0.05) is 5.38 Å². The minimum Gasteiger partial charge on any atom is -0.450 e. The van der Waals surface area contributed by atoms with Crippen LogP contribution >= 0.6 is 11.3 Å². The Labute approximate surface area is 147 Å². The van der Waals surface area contributed by atoms with E-state index in [2.05, 4.69) is 25.6 Å². The first-order chi connectivity index (χ1) is 12.1. The van der Waals surface area contributed by atoms with Crippen LogP contribution in [-0.4, -0.2) is 33.6 Å². The minimum absolute atomic E-state index is 0.126. The van der Waals surface area contributed by atoms with Crippen LogP contribution in [-0.2, 0) is 22.5 Å². The zero-order chi connectivity index (χ0) is 17.6. The molecule has 8 nitrogen and oxygen atoms in total. The first-order valence-corrected chi connectivity index (χ1v) is 8.60. The first-order valence-electron chi connectivity index (χ1n) is 7.72. The standard InChI is InChI=1S/C16H17N5O3S/c1-2-24-16(23)21-15-18-10(9-25-15)7-14(22)17-8-13-19-11-5-3-4-6-12(11)20-13/h3-6,9H,2,7-8H2,1H3,(H,17,22)(H,19,20)(H,18,21,23). The molecular weight excluding hydrogens is 342 g/mol. The summed E-state index contributed by atoms with van der Waals surface area (Å²) in [5.41, 5.74) is 2.38. The number of rotatable bonds is 6. The number of fused-ring (bicyclic) bond motifs is 1. The van der Waals surface area contributed by atoms with E-state index in [1.165, 1.54) is 11.3 Å². The lowest BCUT2D eigenvalue weighted by atomic mass is 10.3. The SMILES string of the molecule is CCOC(=O)Nc1nc(CC(=O)NCc2nc3ccccc3[nH]2)cs1. The number of carbonyl (C=O) groups is 2. The van der Waals surface area contributed by atoms with Crippen LogP contribution in [0.15, 0.2) is 29.6 Å². The van der Waals surface area contributed by atoms with Crippen LogP contribution in [0.3, 0.4) is 0 Å². The van der Waals surface area contributed by atoms with E-state index in [-0.39, 0.29) is 18.9 Å². The number of amides is 2. The van der Waals surface area contributed by atoms with Crippen molar-refractivity contribution in [1.29, 1.82) is 0 Å². The summed E-state index contributed by atoms with van der Waals surface area (Å²) in [5.74, 6) is 0.519. The molecule has 0 spiro atoms. The van der Waals surface area contributed by atoms with Crippen molar-refractivity contribution in [2.75, 3.05) is 11.9 Å². The van der Waals surface area contributed by atoms with Gasteiger partial charge in [-0.2, -0.15) is 0 Å². The van der Waals surface area contributed by atoms with E-state index >= 15 is 0 Å². The second-order valence-corrected chi connectivity index (χ2v) is 6.00. The predicted octanol–water partition coefficient (Wildman–Crippen LogP) is 2.45. The highest BCUT2D eigenvalue weighted by atomic mass is 32.1. The van der Waals surface area contributed by atoms with E-state index in [4.69, 9.17) is 4.74 Å². The molecule has 0 aliphatic heterocycles. The van der Waals surface area contributed by atoms with Crippen molar-refractivity contribution in [2.24, 2.45) is 0 Å². The van der Waals surface area contributed by atoms with Crippen LogP contribution < -0.4 is 10.6 Å². The second-order valence-electron chi connectivity index (χ2n) is 5.14. The molecule has 2 heterocycles. The molecule has 0 atom stereocenters. The number of H-pyrrole nitrogens is 1. The van der Waals surface area contributed by atoms with Crippen molar-refractivity contribution in [3.63, 3.8) is 0 Å². The van der Waals surface area contributed by atoms with Gasteiger partial charge in [-0.1, -0.05) is 12.1 Å². The number of anilines is 1. The van der Waals surface area contributed by atoms with Gasteiger partial charge in [-0.3, -0.25) is 10.1 Å². The highest BCUT2D eigenvalue weighted by molar-refractivity contribution is 7.13. The van der Waals surface area contributed by atoms with Gasteiger partial charge in [0.2, 0.25) is 5.91 Å². The smallest absolute Gasteiger partial charge is 0.413 e. The Kier molecular flexibility index (Phi) is 5.24. The van der Waals surface area contributed by atoms with Crippen LogP contribution in [0.5, 0.6) is 0 Å². The zero-order valence-electron chi connectivity index (χ0n) is 13.5. The molecule has 1 aromatic carbocycles. The Morgan fingerprint density at radius 2 is 2.12 bits per heavy atom. The maximum absolute atomic E-state index is 12.0. The summed E-state index contributed by atoms with van der Waals surface area (Å²) in [6.07, 6.45) is -0.431. The van der Waals surface area contributed by atoms with Gasteiger partial charge in [0.05, 0.1) is 36.3 Å². The number of imidazole rings is 1. The number of nitrogens with one attached hydrogen (secondary N) is 3. The molecule has 130 valence electrons. The molecule has 9 heteroatoms. The van der Waals surface area contributed by atoms with Crippen molar-refractivity contribution in [3.8, 4) is 0 Å². The molecule has 25 heavy (non-hydrogen) atoms. The van der Waals surface area contributed by atoms with Crippen molar-refractivity contribution < 1.29 is 14.3 Å². The largest absolute Gasteiger partial charge is 0.450 e. The molecule has 2 aromatic heterocycles. The van der Waals surface area contributed by atoms with Gasteiger partial charge < -0.3 is 15.0 Å². The molecule has 0 bridgehead atoms. The zero-order valence-corrected chi connectivity index (χ0v) is 14.4. The Balaban J connectivity index is 1.50. The van der Waals surface area contributed by atoms with Gasteiger partial charge in [0.25, 0.3) is 0 Å². The van der Waals surface area contributed by atoms with E-state index in [0.29, 0.717) is 23.2 Å². The van der Waals surface area contributed by atoms with Crippen molar-refractivity contribution >= 4 is 39.5 Å². The number of nitrogens with zero attached hydrogens (tertiary/aromatic N) is 2. The molecular formula is C16H17N5O3S. The number of benzene rings is 1. The van der Waals surface area contributed by atoms with E-state index in [1.807, 2.05) is 24.3 Å². The predicted molar refractivity (Wildman–Crippen MR) is 94.4 cm³/mol. The van der Waals surface area contributed by atoms with Crippen molar-refractivity contribution in [1.82, 2.24) is 20.3 Å². The molecule has 3 N–H and O–H groups in total. The average molecular weight is 359 g/mol. The van der Waals surface area contributed by atoms with Crippen LogP contribution in [0.4, 0.5) is 9.93 Å². The quantitative estimate of drug-likeness (QED) is 0.626. The lowest BCUT2D eigenvalue weighted by Crippen LogP contribution is -2.25. The summed E-state index contributed by atoms with van der Waals surface area (Å²) in [7, 11) is 0. The number of hydrogen-bond donors (Lipinski definition) is 3. The molecule has 3 aromatic rings. The Morgan fingerprint density at radius 1 is 1.28 bits per heavy atom. The average Bonchev–Trinajstić information content (AvgIpc) is 3.19. The second kappa shape index (κ2) is 7.75. The third-order valence-electron chi connectivity index (χ3n) is 3.27. The monoisotopic (exact) mass is 359 g/mol. The van der Waals surface area contributed by atoms with Crippen LogP contribution in [0.25, 0.3) is 11.0 Å². The molecule has 0 fully saturated rings. The maximum Gasteiger partial charge on any atom is 0.413 e. The maximum atomic E-state index is 12.0. The Bertz CT molecular complexity index is 856. The van der Waals surface area contributed by atoms with E-state index in [9.17, 15) is 9.59 Å². The van der Waals surface area contributed by atoms with Crippen LogP contribution in [0.2, 0.25) is 0 Å². The summed E-state index contributed by atoms with van der Waals surface area (Å²) < 4.78 is 4.78.